The Kier molecular flexibility index (Phi) is 5.60. The number of halogens is 1. The fourth-order valence-electron chi connectivity index (χ4n) is 1.58. The lowest BCUT2D eigenvalue weighted by Crippen LogP contribution is -2.26. The van der Waals surface area contributed by atoms with Crippen molar-refractivity contribution in [3.05, 3.63) is 30.1 Å². The summed E-state index contributed by atoms with van der Waals surface area (Å²) in [7, 11) is 0. The number of benzene rings is 1. The second-order valence-corrected chi connectivity index (χ2v) is 4.38. The van der Waals surface area contributed by atoms with E-state index in [0.717, 1.165) is 11.3 Å². The quantitative estimate of drug-likeness (QED) is 0.874. The summed E-state index contributed by atoms with van der Waals surface area (Å²) in [5.74, 6) is -0.327. The summed E-state index contributed by atoms with van der Waals surface area (Å²) < 4.78 is 1.55. The third-order valence-electron chi connectivity index (χ3n) is 2.87. The van der Waals surface area contributed by atoms with Gasteiger partial charge in [-0.2, -0.15) is 0 Å². The van der Waals surface area contributed by atoms with E-state index in [1.165, 1.54) is 6.33 Å². The minimum Gasteiger partial charge on any atom is -0.330 e. The Balaban J connectivity index is 0.00000200. The van der Waals surface area contributed by atoms with Gasteiger partial charge in [-0.05, 0) is 35.0 Å². The van der Waals surface area contributed by atoms with E-state index in [2.05, 4.69) is 20.8 Å². The van der Waals surface area contributed by atoms with Crippen LogP contribution in [0, 0.1) is 12.8 Å². The largest absolute Gasteiger partial charge is 0.330 e. The summed E-state index contributed by atoms with van der Waals surface area (Å²) in [5.41, 5.74) is 8.00. The molecule has 0 radical (unpaired) electrons. The number of nitrogens with two attached hydrogens (primary N) is 1. The highest BCUT2D eigenvalue weighted by molar-refractivity contribution is 5.92. The Morgan fingerprint density at radius 2 is 2.25 bits per heavy atom. The van der Waals surface area contributed by atoms with E-state index in [1.807, 2.05) is 25.1 Å². The van der Waals surface area contributed by atoms with Gasteiger partial charge < -0.3 is 11.1 Å². The summed E-state index contributed by atoms with van der Waals surface area (Å²) in [6.45, 7) is 4.05. The molecule has 7 nitrogen and oxygen atoms in total. The molecular weight excluding hydrogens is 280 g/mol. The summed E-state index contributed by atoms with van der Waals surface area (Å²) >= 11 is 0. The van der Waals surface area contributed by atoms with Crippen LogP contribution in [0.15, 0.2) is 24.5 Å². The number of aryl methyl sites for hydroxylation is 1. The van der Waals surface area contributed by atoms with Gasteiger partial charge in [0.15, 0.2) is 0 Å². The molecule has 2 aromatic rings. The average molecular weight is 297 g/mol. The van der Waals surface area contributed by atoms with E-state index in [1.54, 1.807) is 11.6 Å². The number of aromatic nitrogens is 4. The number of amides is 1. The maximum Gasteiger partial charge on any atom is 0.228 e. The van der Waals surface area contributed by atoms with Crippen LogP contribution >= 0.6 is 12.4 Å². The fraction of sp³-hybridized carbons (Fsp3) is 0.333. The zero-order chi connectivity index (χ0) is 13.8. The molecule has 1 unspecified atom stereocenters. The molecule has 2 rings (SSSR count). The average Bonchev–Trinajstić information content (AvgIpc) is 2.93. The van der Waals surface area contributed by atoms with E-state index in [-0.39, 0.29) is 24.2 Å². The van der Waals surface area contributed by atoms with Gasteiger partial charge in [-0.25, -0.2) is 4.68 Å². The number of hydrogen-bond acceptors (Lipinski definition) is 5. The first kappa shape index (κ1) is 16.1. The molecule has 108 valence electrons. The molecule has 0 aliphatic heterocycles. The zero-order valence-corrected chi connectivity index (χ0v) is 12.1. The van der Waals surface area contributed by atoms with E-state index < -0.39 is 0 Å². The monoisotopic (exact) mass is 296 g/mol. The van der Waals surface area contributed by atoms with Gasteiger partial charge in [0, 0.05) is 18.2 Å². The molecule has 0 spiro atoms. The highest BCUT2D eigenvalue weighted by Gasteiger charge is 2.12. The zero-order valence-electron chi connectivity index (χ0n) is 11.3. The van der Waals surface area contributed by atoms with Crippen molar-refractivity contribution in [3.8, 4) is 5.69 Å². The van der Waals surface area contributed by atoms with Crippen molar-refractivity contribution in [1.82, 2.24) is 20.2 Å². The molecule has 1 atom stereocenters. The van der Waals surface area contributed by atoms with Crippen LogP contribution in [-0.4, -0.2) is 32.7 Å². The molecular formula is C12H17ClN6O. The SMILES string of the molecule is Cc1ccc(NC(=O)C(C)CN)cc1-n1cnnn1.Cl. The number of nitrogens with zero attached hydrogens (tertiary/aromatic N) is 4. The molecule has 0 fully saturated rings. The first-order chi connectivity index (χ1) is 9.11. The first-order valence-corrected chi connectivity index (χ1v) is 5.96. The summed E-state index contributed by atoms with van der Waals surface area (Å²) in [4.78, 5) is 11.8. The van der Waals surface area contributed by atoms with E-state index in [9.17, 15) is 4.79 Å². The van der Waals surface area contributed by atoms with Crippen LogP contribution in [0.1, 0.15) is 12.5 Å². The van der Waals surface area contributed by atoms with Gasteiger partial charge in [0.05, 0.1) is 5.69 Å². The van der Waals surface area contributed by atoms with Crippen molar-refractivity contribution >= 4 is 24.0 Å². The third kappa shape index (κ3) is 3.52. The third-order valence-corrected chi connectivity index (χ3v) is 2.87. The van der Waals surface area contributed by atoms with Crippen LogP contribution in [0.3, 0.4) is 0 Å². The van der Waals surface area contributed by atoms with Crippen LogP contribution in [0.4, 0.5) is 5.69 Å². The molecule has 0 aliphatic rings. The number of hydrogen-bond donors (Lipinski definition) is 2. The first-order valence-electron chi connectivity index (χ1n) is 5.96. The lowest BCUT2D eigenvalue weighted by molar-refractivity contribution is -0.119. The molecule has 1 amide bonds. The summed E-state index contributed by atoms with van der Waals surface area (Å²) in [5, 5.41) is 13.9. The number of nitrogens with one attached hydrogen (secondary N) is 1. The molecule has 3 N–H and O–H groups in total. The molecule has 0 aliphatic carbocycles. The van der Waals surface area contributed by atoms with Crippen molar-refractivity contribution in [2.75, 3.05) is 11.9 Å². The Morgan fingerprint density at radius 3 is 2.85 bits per heavy atom. The van der Waals surface area contributed by atoms with Gasteiger partial charge >= 0.3 is 0 Å². The van der Waals surface area contributed by atoms with Gasteiger partial charge in [-0.1, -0.05) is 13.0 Å². The maximum atomic E-state index is 11.8. The predicted octanol–water partition coefficient (Wildman–Crippen LogP) is 0.926. The van der Waals surface area contributed by atoms with E-state index >= 15 is 0 Å². The normalized spacial score (nSPS) is 11.6. The lowest BCUT2D eigenvalue weighted by Gasteiger charge is -2.12. The number of tetrazole rings is 1. The minimum absolute atomic E-state index is 0. The van der Waals surface area contributed by atoms with Gasteiger partial charge in [0.25, 0.3) is 0 Å². The van der Waals surface area contributed by atoms with Crippen LogP contribution in [0.25, 0.3) is 5.69 Å². The van der Waals surface area contributed by atoms with E-state index in [0.29, 0.717) is 12.2 Å². The molecule has 0 saturated heterocycles. The summed E-state index contributed by atoms with van der Waals surface area (Å²) in [6, 6.07) is 5.57. The number of carbonyl (C=O) groups excluding carboxylic acids is 1. The van der Waals surface area contributed by atoms with Crippen molar-refractivity contribution in [3.63, 3.8) is 0 Å². The topological polar surface area (TPSA) is 98.7 Å². The van der Waals surface area contributed by atoms with Crippen LogP contribution in [0.2, 0.25) is 0 Å². The minimum atomic E-state index is -0.224. The molecule has 1 heterocycles. The number of rotatable bonds is 4. The van der Waals surface area contributed by atoms with Gasteiger partial charge in [-0.3, -0.25) is 4.79 Å². The van der Waals surface area contributed by atoms with Crippen molar-refractivity contribution in [2.24, 2.45) is 11.7 Å². The number of carbonyl (C=O) groups is 1. The van der Waals surface area contributed by atoms with Gasteiger partial charge in [0.2, 0.25) is 5.91 Å². The smallest absolute Gasteiger partial charge is 0.228 e. The highest BCUT2D eigenvalue weighted by atomic mass is 35.5. The molecule has 1 aromatic heterocycles. The Hall–Kier alpha value is -1.99. The predicted molar refractivity (Wildman–Crippen MR) is 78.0 cm³/mol. The molecule has 20 heavy (non-hydrogen) atoms. The van der Waals surface area contributed by atoms with Gasteiger partial charge in [0.1, 0.15) is 6.33 Å². The van der Waals surface area contributed by atoms with Crippen molar-refractivity contribution < 1.29 is 4.79 Å². The number of anilines is 1. The highest BCUT2D eigenvalue weighted by Crippen LogP contribution is 2.18. The Bertz CT molecular complexity index is 571. The lowest BCUT2D eigenvalue weighted by atomic mass is 10.1. The fourth-order valence-corrected chi connectivity index (χ4v) is 1.58. The standard InChI is InChI=1S/C12H16N6O.ClH/c1-8-3-4-10(15-12(19)9(2)6-13)5-11(8)18-7-14-16-17-18;/h3-5,7,9H,6,13H2,1-2H3,(H,15,19);1H. The molecule has 1 aromatic carbocycles. The van der Waals surface area contributed by atoms with E-state index in [4.69, 9.17) is 5.73 Å². The van der Waals surface area contributed by atoms with Crippen LogP contribution in [-0.2, 0) is 4.79 Å². The van der Waals surface area contributed by atoms with Crippen LogP contribution in [0.5, 0.6) is 0 Å². The Labute approximate surface area is 123 Å². The van der Waals surface area contributed by atoms with Crippen LogP contribution < -0.4 is 11.1 Å². The maximum absolute atomic E-state index is 11.8. The van der Waals surface area contributed by atoms with Crippen molar-refractivity contribution in [2.45, 2.75) is 13.8 Å². The molecule has 0 saturated carbocycles. The molecule has 0 bridgehead atoms. The van der Waals surface area contributed by atoms with Gasteiger partial charge in [-0.15, -0.1) is 17.5 Å². The Morgan fingerprint density at radius 1 is 1.50 bits per heavy atom. The second-order valence-electron chi connectivity index (χ2n) is 4.38. The second kappa shape index (κ2) is 6.97. The van der Waals surface area contributed by atoms with Crippen molar-refractivity contribution in [1.29, 1.82) is 0 Å². The summed E-state index contributed by atoms with van der Waals surface area (Å²) in [6.07, 6.45) is 1.51. The molecule has 8 heteroatoms.